The van der Waals surface area contributed by atoms with Gasteiger partial charge in [0.25, 0.3) is 5.91 Å². The number of para-hydroxylation sites is 2. The van der Waals surface area contributed by atoms with Gasteiger partial charge in [-0.2, -0.15) is 5.10 Å². The zero-order valence-corrected chi connectivity index (χ0v) is 15.4. The van der Waals surface area contributed by atoms with Gasteiger partial charge in [-0.05, 0) is 49.1 Å². The second-order valence-corrected chi connectivity index (χ2v) is 7.55. The second kappa shape index (κ2) is 6.80. The molecule has 1 aromatic heterocycles. The predicted molar refractivity (Wildman–Crippen MR) is 106 cm³/mol. The van der Waals surface area contributed by atoms with Gasteiger partial charge in [0.2, 0.25) is 0 Å². The van der Waals surface area contributed by atoms with Gasteiger partial charge in [-0.3, -0.25) is 9.89 Å². The fourth-order valence-electron chi connectivity index (χ4n) is 4.17. The molecule has 1 amide bonds. The van der Waals surface area contributed by atoms with Gasteiger partial charge in [0.05, 0.1) is 11.2 Å². The van der Waals surface area contributed by atoms with Crippen LogP contribution in [0.15, 0.2) is 60.7 Å². The van der Waals surface area contributed by atoms with Crippen molar-refractivity contribution < 1.29 is 9.53 Å². The summed E-state index contributed by atoms with van der Waals surface area (Å²) in [6.07, 6.45) is 2.20. The summed E-state index contributed by atoms with van der Waals surface area (Å²) < 4.78 is 6.02. The first-order valence-corrected chi connectivity index (χ1v) is 9.64. The lowest BCUT2D eigenvalue weighted by atomic mass is 9.69. The van der Waals surface area contributed by atoms with Crippen molar-refractivity contribution in [1.29, 1.82) is 0 Å². The van der Waals surface area contributed by atoms with E-state index < -0.39 is 0 Å². The number of amides is 1. The average Bonchev–Trinajstić information content (AvgIpc) is 3.30. The van der Waals surface area contributed by atoms with Crippen LogP contribution >= 0.6 is 0 Å². The van der Waals surface area contributed by atoms with E-state index in [1.165, 1.54) is 6.42 Å². The molecule has 1 aliphatic carbocycles. The van der Waals surface area contributed by atoms with Gasteiger partial charge < -0.3 is 15.4 Å². The molecule has 2 unspecified atom stereocenters. The smallest absolute Gasteiger partial charge is 0.272 e. The van der Waals surface area contributed by atoms with Crippen LogP contribution in [0.5, 0.6) is 11.5 Å². The van der Waals surface area contributed by atoms with Crippen molar-refractivity contribution in [2.24, 2.45) is 5.92 Å². The van der Waals surface area contributed by atoms with Gasteiger partial charge in [0, 0.05) is 18.7 Å². The number of hydrogen-bond acceptors (Lipinski definition) is 4. The van der Waals surface area contributed by atoms with Gasteiger partial charge >= 0.3 is 0 Å². The minimum absolute atomic E-state index is 0.0927. The number of aromatic amines is 1. The monoisotopic (exact) mass is 374 g/mol. The number of aromatic nitrogens is 2. The van der Waals surface area contributed by atoms with E-state index in [0.717, 1.165) is 36.5 Å². The summed E-state index contributed by atoms with van der Waals surface area (Å²) in [7, 11) is 0. The van der Waals surface area contributed by atoms with Crippen molar-refractivity contribution in [3.05, 3.63) is 66.4 Å². The molecule has 28 heavy (non-hydrogen) atoms. The number of nitrogens with one attached hydrogen (secondary N) is 3. The minimum atomic E-state index is -0.127. The van der Waals surface area contributed by atoms with Gasteiger partial charge in [0.1, 0.15) is 11.5 Å². The van der Waals surface area contributed by atoms with Crippen LogP contribution in [0.2, 0.25) is 0 Å². The third-order valence-electron chi connectivity index (χ3n) is 5.87. The zero-order valence-electron chi connectivity index (χ0n) is 15.4. The largest absolute Gasteiger partial charge is 0.457 e. The highest BCUT2D eigenvalue weighted by Gasteiger charge is 2.51. The summed E-state index contributed by atoms with van der Waals surface area (Å²) in [5.41, 5.74) is 1.92. The Bertz CT molecular complexity index is 1000. The zero-order chi connectivity index (χ0) is 19.0. The topological polar surface area (TPSA) is 79.0 Å². The maximum atomic E-state index is 12.8. The number of benzene rings is 2. The third kappa shape index (κ3) is 2.96. The molecule has 2 fully saturated rings. The molecule has 6 nitrogen and oxygen atoms in total. The first-order chi connectivity index (χ1) is 13.7. The molecule has 2 aromatic carbocycles. The maximum absolute atomic E-state index is 12.8. The fraction of sp³-hybridized carbons (Fsp3) is 0.273. The predicted octanol–water partition coefficient (Wildman–Crippen LogP) is 3.35. The Morgan fingerprint density at radius 2 is 1.96 bits per heavy atom. The van der Waals surface area contributed by atoms with Crippen LogP contribution in [-0.4, -0.2) is 34.7 Å². The summed E-state index contributed by atoms with van der Waals surface area (Å²) in [4.78, 5) is 12.8. The molecule has 0 radical (unpaired) electrons. The highest BCUT2D eigenvalue weighted by atomic mass is 16.5. The molecule has 1 saturated carbocycles. The Labute approximate surface area is 163 Å². The fourth-order valence-corrected chi connectivity index (χ4v) is 4.17. The van der Waals surface area contributed by atoms with Crippen LogP contribution < -0.4 is 15.4 Å². The first-order valence-electron chi connectivity index (χ1n) is 9.64. The molecule has 142 valence electrons. The van der Waals surface area contributed by atoms with E-state index in [-0.39, 0.29) is 11.4 Å². The van der Waals surface area contributed by atoms with E-state index in [1.54, 1.807) is 6.07 Å². The summed E-state index contributed by atoms with van der Waals surface area (Å²) >= 11 is 0. The van der Waals surface area contributed by atoms with Crippen LogP contribution in [0.25, 0.3) is 11.3 Å². The van der Waals surface area contributed by atoms with Crippen LogP contribution in [0.1, 0.15) is 23.3 Å². The van der Waals surface area contributed by atoms with E-state index >= 15 is 0 Å². The highest BCUT2D eigenvalue weighted by Crippen LogP contribution is 2.41. The number of H-pyrrole nitrogens is 1. The van der Waals surface area contributed by atoms with Crippen molar-refractivity contribution in [2.75, 3.05) is 13.1 Å². The Balaban J connectivity index is 1.37. The van der Waals surface area contributed by atoms with Crippen molar-refractivity contribution in [3.63, 3.8) is 0 Å². The number of nitrogens with zero attached hydrogens (tertiary/aromatic N) is 1. The molecule has 3 aromatic rings. The lowest BCUT2D eigenvalue weighted by molar-refractivity contribution is 0.0760. The molecule has 6 heteroatoms. The lowest BCUT2D eigenvalue weighted by Gasteiger charge is -2.44. The normalized spacial score (nSPS) is 22.9. The van der Waals surface area contributed by atoms with E-state index in [9.17, 15) is 4.79 Å². The molecule has 5 rings (SSSR count). The molecule has 1 aliphatic heterocycles. The molecule has 2 atom stereocenters. The molecule has 1 saturated heterocycles. The summed E-state index contributed by atoms with van der Waals surface area (Å²) in [5, 5.41) is 13.8. The van der Waals surface area contributed by atoms with Crippen molar-refractivity contribution >= 4 is 5.91 Å². The number of ether oxygens (including phenoxy) is 1. The summed E-state index contributed by atoms with van der Waals surface area (Å²) in [6.45, 7) is 1.82. The van der Waals surface area contributed by atoms with Crippen molar-refractivity contribution in [2.45, 2.75) is 18.4 Å². The van der Waals surface area contributed by atoms with E-state index in [2.05, 4.69) is 20.8 Å². The summed E-state index contributed by atoms with van der Waals surface area (Å²) in [5.74, 6) is 1.88. The molecule has 3 N–H and O–H groups in total. The minimum Gasteiger partial charge on any atom is -0.457 e. The van der Waals surface area contributed by atoms with Gasteiger partial charge in [-0.1, -0.05) is 30.3 Å². The van der Waals surface area contributed by atoms with Crippen LogP contribution in [-0.2, 0) is 0 Å². The van der Waals surface area contributed by atoms with Crippen molar-refractivity contribution in [3.8, 4) is 22.8 Å². The van der Waals surface area contributed by atoms with E-state index in [1.807, 2.05) is 54.6 Å². The summed E-state index contributed by atoms with van der Waals surface area (Å²) in [6, 6.07) is 19.1. The Morgan fingerprint density at radius 1 is 1.14 bits per heavy atom. The first kappa shape index (κ1) is 17.0. The third-order valence-corrected chi connectivity index (χ3v) is 5.87. The Hall–Kier alpha value is -3.12. The quantitative estimate of drug-likeness (QED) is 0.640. The van der Waals surface area contributed by atoms with Crippen molar-refractivity contribution in [1.82, 2.24) is 20.8 Å². The van der Waals surface area contributed by atoms with Crippen LogP contribution in [0, 0.1) is 5.92 Å². The number of carbonyl (C=O) groups is 1. The van der Waals surface area contributed by atoms with Crippen LogP contribution in [0.4, 0.5) is 0 Å². The van der Waals surface area contributed by atoms with E-state index in [4.69, 9.17) is 4.74 Å². The Morgan fingerprint density at radius 3 is 2.75 bits per heavy atom. The molecule has 2 heterocycles. The number of hydrogen-bond donors (Lipinski definition) is 3. The Kier molecular flexibility index (Phi) is 4.13. The molecular weight excluding hydrogens is 352 g/mol. The standard InChI is InChI=1S/C22H22N4O2/c27-21(24-22-11-10-15(22)13-23-14-22)19-12-18(25-26-19)17-8-4-5-9-20(17)28-16-6-2-1-3-7-16/h1-9,12,15,23H,10-11,13-14H2,(H,24,27)(H,25,26). The van der Waals surface area contributed by atoms with Gasteiger partial charge in [0.15, 0.2) is 5.69 Å². The highest BCUT2D eigenvalue weighted by molar-refractivity contribution is 5.94. The SMILES string of the molecule is O=C(NC12CCC1CNC2)c1cc(-c2ccccc2Oc2ccccc2)[nH]n1. The van der Waals surface area contributed by atoms with E-state index in [0.29, 0.717) is 17.4 Å². The average molecular weight is 374 g/mol. The molecular formula is C22H22N4O2. The molecule has 0 spiro atoms. The maximum Gasteiger partial charge on any atom is 0.272 e. The number of carbonyl (C=O) groups excluding carboxylic acids is 1. The number of fused-ring (bicyclic) bond motifs is 1. The van der Waals surface area contributed by atoms with Gasteiger partial charge in [-0.25, -0.2) is 0 Å². The molecule has 0 bridgehead atoms. The second-order valence-electron chi connectivity index (χ2n) is 7.55. The lowest BCUT2D eigenvalue weighted by Crippen LogP contribution is -2.60. The number of rotatable bonds is 5. The van der Waals surface area contributed by atoms with Gasteiger partial charge in [-0.15, -0.1) is 0 Å². The molecule has 2 aliphatic rings. The van der Waals surface area contributed by atoms with Crippen LogP contribution in [0.3, 0.4) is 0 Å².